The smallest absolute Gasteiger partial charge is 0.239 e. The SMILES string of the molecule is Cc1cc(NC(=O)CN2CCN(Cc3cccc(F)c3F)CC2)no1. The molecule has 0 saturated carbocycles. The molecular weight excluding hydrogens is 330 g/mol. The molecule has 0 atom stereocenters. The molecule has 3 rings (SSSR count). The number of benzene rings is 1. The van der Waals surface area contributed by atoms with Crippen molar-refractivity contribution in [2.24, 2.45) is 0 Å². The van der Waals surface area contributed by atoms with Crippen molar-refractivity contribution in [2.75, 3.05) is 38.0 Å². The summed E-state index contributed by atoms with van der Waals surface area (Å²) in [6.45, 7) is 5.11. The molecule has 0 bridgehead atoms. The Morgan fingerprint density at radius 1 is 1.24 bits per heavy atom. The van der Waals surface area contributed by atoms with Crippen LogP contribution in [0.4, 0.5) is 14.6 Å². The molecular formula is C17H20F2N4O2. The van der Waals surface area contributed by atoms with Crippen LogP contribution in [-0.4, -0.2) is 53.6 Å². The predicted octanol–water partition coefficient (Wildman–Crippen LogP) is 2.02. The molecule has 1 N–H and O–H groups in total. The molecule has 25 heavy (non-hydrogen) atoms. The molecule has 8 heteroatoms. The number of amides is 1. The maximum Gasteiger partial charge on any atom is 0.239 e. The topological polar surface area (TPSA) is 61.6 Å². The average Bonchev–Trinajstić information content (AvgIpc) is 2.98. The number of nitrogens with zero attached hydrogens (tertiary/aromatic N) is 3. The van der Waals surface area contributed by atoms with Gasteiger partial charge in [-0.25, -0.2) is 8.78 Å². The Hall–Kier alpha value is -2.32. The summed E-state index contributed by atoms with van der Waals surface area (Å²) >= 11 is 0. The molecule has 0 radical (unpaired) electrons. The van der Waals surface area contributed by atoms with Crippen molar-refractivity contribution in [3.63, 3.8) is 0 Å². The zero-order valence-corrected chi connectivity index (χ0v) is 14.0. The number of carbonyl (C=O) groups is 1. The maximum atomic E-state index is 13.7. The van der Waals surface area contributed by atoms with E-state index in [4.69, 9.17) is 4.52 Å². The Balaban J connectivity index is 1.45. The van der Waals surface area contributed by atoms with Crippen molar-refractivity contribution in [3.8, 4) is 0 Å². The van der Waals surface area contributed by atoms with Crippen LogP contribution in [-0.2, 0) is 11.3 Å². The molecule has 0 aliphatic carbocycles. The number of carbonyl (C=O) groups excluding carboxylic acids is 1. The molecule has 1 aromatic carbocycles. The quantitative estimate of drug-likeness (QED) is 0.894. The van der Waals surface area contributed by atoms with Crippen molar-refractivity contribution in [3.05, 3.63) is 47.2 Å². The summed E-state index contributed by atoms with van der Waals surface area (Å²) in [7, 11) is 0. The summed E-state index contributed by atoms with van der Waals surface area (Å²) in [4.78, 5) is 16.1. The third-order valence-electron chi connectivity index (χ3n) is 4.15. The van der Waals surface area contributed by atoms with Crippen LogP contribution in [0.25, 0.3) is 0 Å². The minimum Gasteiger partial charge on any atom is -0.360 e. The second-order valence-corrected chi connectivity index (χ2v) is 6.14. The summed E-state index contributed by atoms with van der Waals surface area (Å²) in [5.41, 5.74) is 0.354. The first-order valence-electron chi connectivity index (χ1n) is 8.12. The first kappa shape index (κ1) is 17.5. The van der Waals surface area contributed by atoms with Gasteiger partial charge in [0.1, 0.15) is 5.76 Å². The number of aryl methyl sites for hydroxylation is 1. The minimum absolute atomic E-state index is 0.155. The Kier molecular flexibility index (Phi) is 5.40. The maximum absolute atomic E-state index is 13.7. The number of hydrogen-bond donors (Lipinski definition) is 1. The van der Waals surface area contributed by atoms with Crippen LogP contribution in [0.3, 0.4) is 0 Å². The van der Waals surface area contributed by atoms with Crippen molar-refractivity contribution < 1.29 is 18.1 Å². The minimum atomic E-state index is -0.823. The van der Waals surface area contributed by atoms with E-state index in [0.717, 1.165) is 6.07 Å². The van der Waals surface area contributed by atoms with Crippen LogP contribution in [0, 0.1) is 18.6 Å². The Morgan fingerprint density at radius 2 is 1.96 bits per heavy atom. The molecule has 1 fully saturated rings. The van der Waals surface area contributed by atoms with E-state index >= 15 is 0 Å². The van der Waals surface area contributed by atoms with Crippen LogP contribution in [0.2, 0.25) is 0 Å². The van der Waals surface area contributed by atoms with Gasteiger partial charge in [-0.15, -0.1) is 0 Å². The first-order chi connectivity index (χ1) is 12.0. The fourth-order valence-electron chi connectivity index (χ4n) is 2.83. The predicted molar refractivity (Wildman–Crippen MR) is 87.9 cm³/mol. The molecule has 1 saturated heterocycles. The summed E-state index contributed by atoms with van der Waals surface area (Å²) in [5, 5.41) is 6.41. The van der Waals surface area contributed by atoms with E-state index in [1.165, 1.54) is 6.07 Å². The van der Waals surface area contributed by atoms with Gasteiger partial charge in [0.05, 0.1) is 6.54 Å². The van der Waals surface area contributed by atoms with Crippen LogP contribution in [0.15, 0.2) is 28.8 Å². The highest BCUT2D eigenvalue weighted by molar-refractivity contribution is 5.91. The van der Waals surface area contributed by atoms with Gasteiger partial charge in [0, 0.05) is 44.4 Å². The van der Waals surface area contributed by atoms with Crippen molar-refractivity contribution in [1.29, 1.82) is 0 Å². The monoisotopic (exact) mass is 350 g/mol. The zero-order valence-electron chi connectivity index (χ0n) is 14.0. The molecule has 0 unspecified atom stereocenters. The molecule has 1 aliphatic heterocycles. The molecule has 6 nitrogen and oxygen atoms in total. The van der Waals surface area contributed by atoms with Gasteiger partial charge in [-0.05, 0) is 13.0 Å². The number of aromatic nitrogens is 1. The van der Waals surface area contributed by atoms with Gasteiger partial charge in [-0.2, -0.15) is 0 Å². The summed E-state index contributed by atoms with van der Waals surface area (Å²) < 4.78 is 31.9. The number of anilines is 1. The van der Waals surface area contributed by atoms with Gasteiger partial charge in [-0.1, -0.05) is 17.3 Å². The standard InChI is InChI=1S/C17H20F2N4O2/c1-12-9-15(21-25-12)20-16(24)11-23-7-5-22(6-8-23)10-13-3-2-4-14(18)17(13)19/h2-4,9H,5-8,10-11H2,1H3,(H,20,21,24). The lowest BCUT2D eigenvalue weighted by atomic mass is 10.1. The summed E-state index contributed by atoms with van der Waals surface area (Å²) in [6, 6.07) is 5.88. The van der Waals surface area contributed by atoms with Gasteiger partial charge in [0.25, 0.3) is 0 Å². The third-order valence-corrected chi connectivity index (χ3v) is 4.15. The number of nitrogens with one attached hydrogen (secondary N) is 1. The lowest BCUT2D eigenvalue weighted by Gasteiger charge is -2.34. The zero-order chi connectivity index (χ0) is 17.8. The molecule has 0 spiro atoms. The van der Waals surface area contributed by atoms with Gasteiger partial charge in [-0.3, -0.25) is 14.6 Å². The van der Waals surface area contributed by atoms with E-state index in [-0.39, 0.29) is 12.5 Å². The molecule has 1 aliphatic rings. The second-order valence-electron chi connectivity index (χ2n) is 6.14. The van der Waals surface area contributed by atoms with E-state index in [9.17, 15) is 13.6 Å². The fourth-order valence-corrected chi connectivity index (χ4v) is 2.83. The van der Waals surface area contributed by atoms with Gasteiger partial charge in [0.2, 0.25) is 5.91 Å². The van der Waals surface area contributed by atoms with E-state index < -0.39 is 11.6 Å². The van der Waals surface area contributed by atoms with Crippen molar-refractivity contribution >= 4 is 11.7 Å². The number of hydrogen-bond acceptors (Lipinski definition) is 5. The van der Waals surface area contributed by atoms with E-state index in [2.05, 4.69) is 10.5 Å². The molecule has 2 heterocycles. The van der Waals surface area contributed by atoms with Crippen LogP contribution < -0.4 is 5.32 Å². The largest absolute Gasteiger partial charge is 0.360 e. The van der Waals surface area contributed by atoms with Gasteiger partial charge < -0.3 is 9.84 Å². The Morgan fingerprint density at radius 3 is 2.64 bits per heavy atom. The molecule has 1 amide bonds. The van der Waals surface area contributed by atoms with E-state index in [0.29, 0.717) is 49.9 Å². The molecule has 2 aromatic rings. The van der Waals surface area contributed by atoms with Crippen LogP contribution in [0.1, 0.15) is 11.3 Å². The highest BCUT2D eigenvalue weighted by atomic mass is 19.2. The highest BCUT2D eigenvalue weighted by Crippen LogP contribution is 2.15. The average molecular weight is 350 g/mol. The summed E-state index contributed by atoms with van der Waals surface area (Å²) in [5.74, 6) is -0.725. The highest BCUT2D eigenvalue weighted by Gasteiger charge is 2.20. The number of rotatable bonds is 5. The fraction of sp³-hybridized carbons (Fsp3) is 0.412. The number of piperazine rings is 1. The second kappa shape index (κ2) is 7.71. The van der Waals surface area contributed by atoms with Gasteiger partial charge in [0.15, 0.2) is 17.5 Å². The molecule has 134 valence electrons. The lowest BCUT2D eigenvalue weighted by molar-refractivity contribution is -0.117. The van der Waals surface area contributed by atoms with Crippen molar-refractivity contribution in [1.82, 2.24) is 15.0 Å². The van der Waals surface area contributed by atoms with Crippen LogP contribution >= 0.6 is 0 Å². The number of halogens is 2. The van der Waals surface area contributed by atoms with Crippen molar-refractivity contribution in [2.45, 2.75) is 13.5 Å². The van der Waals surface area contributed by atoms with Gasteiger partial charge >= 0.3 is 0 Å². The van der Waals surface area contributed by atoms with E-state index in [1.807, 2.05) is 9.80 Å². The lowest BCUT2D eigenvalue weighted by Crippen LogP contribution is -2.48. The first-order valence-corrected chi connectivity index (χ1v) is 8.12. The van der Waals surface area contributed by atoms with E-state index in [1.54, 1.807) is 19.1 Å². The Bertz CT molecular complexity index is 742. The molecule has 1 aromatic heterocycles. The summed E-state index contributed by atoms with van der Waals surface area (Å²) in [6.07, 6.45) is 0. The normalized spacial score (nSPS) is 16.1. The van der Waals surface area contributed by atoms with Crippen LogP contribution in [0.5, 0.6) is 0 Å². The third kappa shape index (κ3) is 4.61. The Labute approximate surface area is 144 Å².